The average molecular weight is 359 g/mol. The lowest BCUT2D eigenvalue weighted by atomic mass is 10.1. The number of aliphatic hydroxyl groups is 3. The molecule has 1 rings (SSSR count). The van der Waals surface area contributed by atoms with Crippen LogP contribution < -0.4 is 10.6 Å². The van der Waals surface area contributed by atoms with E-state index in [0.29, 0.717) is 12.1 Å². The fourth-order valence-corrected chi connectivity index (χ4v) is 2.69. The Hall–Kier alpha value is -1.64. The van der Waals surface area contributed by atoms with Crippen LogP contribution in [0.25, 0.3) is 0 Å². The van der Waals surface area contributed by atoms with E-state index in [0.717, 1.165) is 0 Å². The highest BCUT2D eigenvalue weighted by Crippen LogP contribution is 2.22. The Kier molecular flexibility index (Phi) is 11.1. The summed E-state index contributed by atoms with van der Waals surface area (Å²) in [7, 11) is 0. The normalized spacial score (nSPS) is 21.6. The Morgan fingerprint density at radius 2 is 1.96 bits per heavy atom. The molecule has 25 heavy (non-hydrogen) atoms. The van der Waals surface area contributed by atoms with Crippen molar-refractivity contribution >= 4 is 11.8 Å². The molecule has 1 aliphatic heterocycles. The van der Waals surface area contributed by atoms with Gasteiger partial charge in [-0.3, -0.25) is 9.59 Å². The van der Waals surface area contributed by atoms with Crippen LogP contribution in [0, 0.1) is 0 Å². The lowest BCUT2D eigenvalue weighted by Crippen LogP contribution is -2.49. The highest BCUT2D eigenvalue weighted by molar-refractivity contribution is 5.82. The van der Waals surface area contributed by atoms with E-state index >= 15 is 0 Å². The summed E-state index contributed by atoms with van der Waals surface area (Å²) in [6.07, 6.45) is -0.824. The molecule has 0 bridgehead atoms. The van der Waals surface area contributed by atoms with Crippen LogP contribution in [-0.4, -0.2) is 76.0 Å². The topological polar surface area (TPSA) is 122 Å². The monoisotopic (exact) mass is 359 g/mol. The predicted octanol–water partition coefficient (Wildman–Crippen LogP) is -0.654. The van der Waals surface area contributed by atoms with Gasteiger partial charge in [0.15, 0.2) is 0 Å². The summed E-state index contributed by atoms with van der Waals surface area (Å²) in [5.41, 5.74) is 0.446. The largest absolute Gasteiger partial charge is 0.395 e. The number of hydrogen-bond acceptors (Lipinski definition) is 6. The number of nitrogens with zero attached hydrogens (tertiary/aromatic N) is 1. The quantitative estimate of drug-likeness (QED) is 0.392. The molecule has 1 fully saturated rings. The maximum absolute atomic E-state index is 12.1. The summed E-state index contributed by atoms with van der Waals surface area (Å²) in [6, 6.07) is -1.13. The number of rotatable bonds is 8. The van der Waals surface area contributed by atoms with Gasteiger partial charge >= 0.3 is 0 Å². The van der Waals surface area contributed by atoms with Crippen molar-refractivity contribution in [1.82, 2.24) is 15.5 Å². The Morgan fingerprint density at radius 1 is 1.36 bits per heavy atom. The van der Waals surface area contributed by atoms with Gasteiger partial charge in [0.1, 0.15) is 6.04 Å². The van der Waals surface area contributed by atoms with E-state index < -0.39 is 24.3 Å². The third-order valence-electron chi connectivity index (χ3n) is 3.75. The van der Waals surface area contributed by atoms with Crippen LogP contribution in [0.2, 0.25) is 0 Å². The standard InChI is InChI=1S/C15H27N3O5.C2H6/c1-9(20)6-13(15(23)16-4-5-19)17-10(2)14-7-12(22)8-18(14)11(3)21;1-2/h9,12-14,17,19-20,22H,2,4-8H2,1,3H3,(H,16,23);1-2H3/t9-,12+,13?,14?;/m0./s1. The SMILES string of the molecule is C=C(NC(C[C@H](C)O)C(=O)NCCO)C1C[C@@H](O)CN1C(C)=O.CC. The minimum absolute atomic E-state index is 0.116. The molecule has 8 nitrogen and oxygen atoms in total. The minimum atomic E-state index is -0.736. The molecule has 0 spiro atoms. The Labute approximate surface area is 149 Å². The number of hydrogen-bond donors (Lipinski definition) is 5. The maximum atomic E-state index is 12.1. The van der Waals surface area contributed by atoms with Crippen molar-refractivity contribution in [3.8, 4) is 0 Å². The molecule has 0 radical (unpaired) electrons. The lowest BCUT2D eigenvalue weighted by molar-refractivity contribution is -0.129. The zero-order chi connectivity index (χ0) is 19.6. The van der Waals surface area contributed by atoms with Crippen LogP contribution in [0.15, 0.2) is 12.3 Å². The molecule has 0 aromatic heterocycles. The summed E-state index contributed by atoms with van der Waals surface area (Å²) in [4.78, 5) is 25.2. The van der Waals surface area contributed by atoms with Gasteiger partial charge in [0.25, 0.3) is 0 Å². The van der Waals surface area contributed by atoms with Gasteiger partial charge in [-0.15, -0.1) is 0 Å². The van der Waals surface area contributed by atoms with Crippen molar-refractivity contribution in [3.05, 3.63) is 12.3 Å². The van der Waals surface area contributed by atoms with Crippen LogP contribution >= 0.6 is 0 Å². The molecular formula is C17H33N3O5. The van der Waals surface area contributed by atoms with Gasteiger partial charge in [0.2, 0.25) is 11.8 Å². The number of carbonyl (C=O) groups is 2. The predicted molar refractivity (Wildman–Crippen MR) is 95.6 cm³/mol. The Bertz CT molecular complexity index is 442. The smallest absolute Gasteiger partial charge is 0.242 e. The van der Waals surface area contributed by atoms with Gasteiger partial charge < -0.3 is 30.9 Å². The highest BCUT2D eigenvalue weighted by Gasteiger charge is 2.35. The zero-order valence-corrected chi connectivity index (χ0v) is 15.7. The molecule has 2 unspecified atom stereocenters. The van der Waals surface area contributed by atoms with E-state index in [1.807, 2.05) is 13.8 Å². The molecular weight excluding hydrogens is 326 g/mol. The van der Waals surface area contributed by atoms with Crippen molar-refractivity contribution in [2.45, 2.75) is 64.8 Å². The second-order valence-corrected chi connectivity index (χ2v) is 5.90. The van der Waals surface area contributed by atoms with Gasteiger partial charge in [0, 0.05) is 38.6 Å². The van der Waals surface area contributed by atoms with Crippen molar-refractivity contribution in [2.75, 3.05) is 19.7 Å². The molecule has 8 heteroatoms. The first-order valence-corrected chi connectivity index (χ1v) is 8.73. The molecule has 1 saturated heterocycles. The highest BCUT2D eigenvalue weighted by atomic mass is 16.3. The first-order valence-electron chi connectivity index (χ1n) is 8.73. The van der Waals surface area contributed by atoms with E-state index in [9.17, 15) is 19.8 Å². The molecule has 5 N–H and O–H groups in total. The van der Waals surface area contributed by atoms with Gasteiger partial charge in [-0.1, -0.05) is 20.4 Å². The fourth-order valence-electron chi connectivity index (χ4n) is 2.69. The minimum Gasteiger partial charge on any atom is -0.395 e. The van der Waals surface area contributed by atoms with Crippen molar-refractivity contribution < 1.29 is 24.9 Å². The van der Waals surface area contributed by atoms with Crippen molar-refractivity contribution in [3.63, 3.8) is 0 Å². The molecule has 0 aromatic carbocycles. The van der Waals surface area contributed by atoms with E-state index in [1.165, 1.54) is 11.8 Å². The van der Waals surface area contributed by atoms with E-state index in [1.54, 1.807) is 6.92 Å². The Balaban J connectivity index is 0.00000277. The summed E-state index contributed by atoms with van der Waals surface area (Å²) in [6.45, 7) is 11.0. The van der Waals surface area contributed by atoms with Crippen LogP contribution in [0.3, 0.4) is 0 Å². The summed E-state index contributed by atoms with van der Waals surface area (Å²) < 4.78 is 0. The van der Waals surface area contributed by atoms with E-state index in [-0.39, 0.29) is 37.9 Å². The number of aliphatic hydroxyl groups excluding tert-OH is 3. The number of β-amino-alcohol motifs (C(OH)–C–C–N with tert-alkyl or cyclic N) is 1. The van der Waals surface area contributed by atoms with Crippen LogP contribution in [-0.2, 0) is 9.59 Å². The molecule has 0 aromatic rings. The van der Waals surface area contributed by atoms with Gasteiger partial charge in [-0.2, -0.15) is 0 Å². The first kappa shape index (κ1) is 23.4. The third-order valence-corrected chi connectivity index (χ3v) is 3.75. The average Bonchev–Trinajstić information content (AvgIpc) is 2.95. The molecule has 0 aliphatic carbocycles. The molecule has 0 saturated carbocycles. The lowest BCUT2D eigenvalue weighted by Gasteiger charge is -2.29. The summed E-state index contributed by atoms with van der Waals surface area (Å²) in [5.74, 6) is -0.541. The maximum Gasteiger partial charge on any atom is 0.242 e. The van der Waals surface area contributed by atoms with Gasteiger partial charge in [-0.05, 0) is 6.92 Å². The first-order chi connectivity index (χ1) is 11.8. The van der Waals surface area contributed by atoms with Gasteiger partial charge in [0.05, 0.1) is 24.9 Å². The van der Waals surface area contributed by atoms with E-state index in [4.69, 9.17) is 5.11 Å². The van der Waals surface area contributed by atoms with E-state index in [2.05, 4.69) is 17.2 Å². The fraction of sp³-hybridized carbons (Fsp3) is 0.765. The van der Waals surface area contributed by atoms with Crippen LogP contribution in [0.4, 0.5) is 0 Å². The number of nitrogens with one attached hydrogen (secondary N) is 2. The number of carbonyl (C=O) groups excluding carboxylic acids is 2. The van der Waals surface area contributed by atoms with Crippen LogP contribution in [0.5, 0.6) is 0 Å². The number of likely N-dealkylation sites (tertiary alicyclic amines) is 1. The van der Waals surface area contributed by atoms with Crippen LogP contribution in [0.1, 0.15) is 40.5 Å². The Morgan fingerprint density at radius 3 is 2.44 bits per heavy atom. The second kappa shape index (κ2) is 11.8. The van der Waals surface area contributed by atoms with Crippen molar-refractivity contribution in [2.24, 2.45) is 0 Å². The molecule has 2 amide bonds. The summed E-state index contributed by atoms with van der Waals surface area (Å²) in [5, 5.41) is 33.6. The molecule has 4 atom stereocenters. The van der Waals surface area contributed by atoms with Crippen molar-refractivity contribution in [1.29, 1.82) is 0 Å². The number of amides is 2. The molecule has 146 valence electrons. The zero-order valence-electron chi connectivity index (χ0n) is 15.7. The van der Waals surface area contributed by atoms with Gasteiger partial charge in [-0.25, -0.2) is 0 Å². The molecule has 1 aliphatic rings. The second-order valence-electron chi connectivity index (χ2n) is 5.90. The summed E-state index contributed by atoms with van der Waals surface area (Å²) >= 11 is 0. The third kappa shape index (κ3) is 7.85. The molecule has 1 heterocycles.